The van der Waals surface area contributed by atoms with Crippen LogP contribution in [0, 0.1) is 0 Å². The summed E-state index contributed by atoms with van der Waals surface area (Å²) < 4.78 is 0. The number of hydrogen-bond donors (Lipinski definition) is 1. The van der Waals surface area contributed by atoms with Gasteiger partial charge in [0, 0.05) is 18.0 Å². The monoisotopic (exact) mass is 210 g/mol. The highest BCUT2D eigenvalue weighted by atomic mass is 16.1. The zero-order valence-corrected chi connectivity index (χ0v) is 10.4. The van der Waals surface area contributed by atoms with Gasteiger partial charge in [-0.05, 0) is 40.5 Å². The van der Waals surface area contributed by atoms with Crippen molar-refractivity contribution in [2.45, 2.75) is 64.6 Å². The van der Waals surface area contributed by atoms with Crippen LogP contribution in [-0.4, -0.2) is 29.1 Å². The summed E-state index contributed by atoms with van der Waals surface area (Å²) in [6.45, 7) is 10.3. The van der Waals surface area contributed by atoms with Crippen molar-refractivity contribution < 1.29 is 4.79 Å². The summed E-state index contributed by atoms with van der Waals surface area (Å²) in [5.41, 5.74) is 0.196. The zero-order chi connectivity index (χ0) is 11.7. The van der Waals surface area contributed by atoms with Crippen LogP contribution in [0.4, 0.5) is 0 Å². The van der Waals surface area contributed by atoms with E-state index in [1.165, 1.54) is 6.21 Å². The zero-order valence-electron chi connectivity index (χ0n) is 10.4. The summed E-state index contributed by atoms with van der Waals surface area (Å²) in [6, 6.07) is 0.264. The molecule has 1 fully saturated rings. The Hall–Kier alpha value is -0.700. The Morgan fingerprint density at radius 2 is 1.73 bits per heavy atom. The highest BCUT2D eigenvalue weighted by Crippen LogP contribution is 2.30. The Labute approximate surface area is 92.4 Å². The van der Waals surface area contributed by atoms with E-state index in [9.17, 15) is 4.79 Å². The van der Waals surface area contributed by atoms with E-state index in [2.05, 4.69) is 38.0 Å². The molecule has 3 heteroatoms. The third kappa shape index (κ3) is 4.12. The number of ketones is 1. The molecule has 1 heterocycles. The number of piperidine rings is 1. The Bertz CT molecular complexity index is 263. The van der Waals surface area contributed by atoms with Crippen molar-refractivity contribution in [3.63, 3.8) is 0 Å². The van der Waals surface area contributed by atoms with Crippen LogP contribution in [-0.2, 0) is 4.79 Å². The number of nitrogens with zero attached hydrogens (tertiary/aromatic N) is 1. The first-order valence-corrected chi connectivity index (χ1v) is 5.53. The molecule has 0 aromatic carbocycles. The minimum atomic E-state index is 0.0316. The van der Waals surface area contributed by atoms with Crippen LogP contribution < -0.4 is 5.32 Å². The summed E-state index contributed by atoms with van der Waals surface area (Å²) in [5, 5.41) is 3.59. The van der Waals surface area contributed by atoms with Gasteiger partial charge in [-0.1, -0.05) is 0 Å². The number of nitrogens with one attached hydrogen (secondary N) is 1. The molecule has 0 spiro atoms. The molecule has 0 unspecified atom stereocenters. The molecule has 1 N–H and O–H groups in total. The molecule has 0 radical (unpaired) electrons. The van der Waals surface area contributed by atoms with Gasteiger partial charge < -0.3 is 5.32 Å². The van der Waals surface area contributed by atoms with Gasteiger partial charge in [-0.3, -0.25) is 9.79 Å². The first kappa shape index (κ1) is 12.4. The second-order valence-corrected chi connectivity index (χ2v) is 5.84. The van der Waals surface area contributed by atoms with Crippen molar-refractivity contribution in [2.24, 2.45) is 4.99 Å². The Balaban J connectivity index is 2.71. The molecular formula is C12H22N2O. The number of hydrogen-bond acceptors (Lipinski definition) is 3. The Morgan fingerprint density at radius 3 is 2.13 bits per heavy atom. The van der Waals surface area contributed by atoms with Gasteiger partial charge in [0.05, 0.1) is 12.3 Å². The lowest BCUT2D eigenvalue weighted by molar-refractivity contribution is -0.110. The van der Waals surface area contributed by atoms with Crippen LogP contribution in [0.25, 0.3) is 0 Å². The second kappa shape index (κ2) is 4.05. The third-order valence-corrected chi connectivity index (χ3v) is 2.64. The topological polar surface area (TPSA) is 41.5 Å². The summed E-state index contributed by atoms with van der Waals surface area (Å²) >= 11 is 0. The normalized spacial score (nSPS) is 25.7. The minimum Gasteiger partial charge on any atom is -0.307 e. The van der Waals surface area contributed by atoms with E-state index in [1.807, 2.05) is 0 Å². The van der Waals surface area contributed by atoms with Gasteiger partial charge >= 0.3 is 0 Å². The lowest BCUT2D eigenvalue weighted by Gasteiger charge is -2.45. The van der Waals surface area contributed by atoms with Crippen LogP contribution in [0.15, 0.2) is 4.99 Å². The molecule has 1 rings (SSSR count). The van der Waals surface area contributed by atoms with Crippen molar-refractivity contribution in [1.82, 2.24) is 5.32 Å². The van der Waals surface area contributed by atoms with Crippen molar-refractivity contribution in [3.8, 4) is 0 Å². The second-order valence-electron chi connectivity index (χ2n) is 5.84. The average molecular weight is 210 g/mol. The molecule has 1 aliphatic heterocycles. The van der Waals surface area contributed by atoms with Crippen LogP contribution in [0.3, 0.4) is 0 Å². The summed E-state index contributed by atoms with van der Waals surface area (Å²) in [5.74, 6) is 0.0316. The van der Waals surface area contributed by atoms with Crippen LogP contribution >= 0.6 is 0 Å². The van der Waals surface area contributed by atoms with Crippen LogP contribution in [0.1, 0.15) is 47.5 Å². The van der Waals surface area contributed by atoms with Crippen molar-refractivity contribution in [2.75, 3.05) is 0 Å². The van der Waals surface area contributed by atoms with Crippen molar-refractivity contribution in [1.29, 1.82) is 0 Å². The number of aliphatic imine (C=N–C) groups is 1. The molecule has 0 bridgehead atoms. The summed E-state index contributed by atoms with van der Waals surface area (Å²) in [4.78, 5) is 15.2. The molecule has 1 aliphatic rings. The molecule has 0 saturated carbocycles. The van der Waals surface area contributed by atoms with Gasteiger partial charge in [-0.15, -0.1) is 0 Å². The number of Topliss-reactive ketones (excluding diaryl/α,β-unsaturated/α-hetero) is 1. The first-order chi connectivity index (χ1) is 6.70. The molecule has 1 saturated heterocycles. The van der Waals surface area contributed by atoms with E-state index in [-0.39, 0.29) is 22.9 Å². The standard InChI is InChI=1S/C12H22N2O/c1-9(15)8-13-10-6-11(2,3)14-12(4,5)7-10/h8,10,14H,6-7H2,1-5H3/b13-8+. The van der Waals surface area contributed by atoms with E-state index >= 15 is 0 Å². The molecule has 0 amide bonds. The van der Waals surface area contributed by atoms with Gasteiger partial charge in [-0.25, -0.2) is 0 Å². The summed E-state index contributed by atoms with van der Waals surface area (Å²) in [6.07, 6.45) is 3.43. The van der Waals surface area contributed by atoms with Gasteiger partial charge in [0.1, 0.15) is 0 Å². The lowest BCUT2D eigenvalue weighted by atomic mass is 9.80. The molecule has 0 atom stereocenters. The predicted molar refractivity (Wildman–Crippen MR) is 63.5 cm³/mol. The maximum Gasteiger partial charge on any atom is 0.170 e. The molecule has 0 aliphatic carbocycles. The molecule has 15 heavy (non-hydrogen) atoms. The number of rotatable bonds is 2. The Kier molecular flexibility index (Phi) is 3.34. The van der Waals surface area contributed by atoms with E-state index < -0.39 is 0 Å². The van der Waals surface area contributed by atoms with E-state index in [4.69, 9.17) is 0 Å². The molecular weight excluding hydrogens is 188 g/mol. The first-order valence-electron chi connectivity index (χ1n) is 5.53. The summed E-state index contributed by atoms with van der Waals surface area (Å²) in [7, 11) is 0. The fraction of sp³-hybridized carbons (Fsp3) is 0.833. The van der Waals surface area contributed by atoms with Gasteiger partial charge in [0.2, 0.25) is 0 Å². The number of carbonyl (C=O) groups excluding carboxylic acids is 1. The minimum absolute atomic E-state index is 0.0316. The van der Waals surface area contributed by atoms with Gasteiger partial charge in [0.25, 0.3) is 0 Å². The smallest absolute Gasteiger partial charge is 0.170 e. The molecule has 86 valence electrons. The van der Waals surface area contributed by atoms with E-state index in [0.29, 0.717) is 0 Å². The lowest BCUT2D eigenvalue weighted by Crippen LogP contribution is -2.58. The van der Waals surface area contributed by atoms with Gasteiger partial charge in [-0.2, -0.15) is 0 Å². The SMILES string of the molecule is CC(=O)/C=N/C1CC(C)(C)NC(C)(C)C1. The molecule has 0 aromatic rings. The number of carbonyl (C=O) groups is 1. The Morgan fingerprint density at radius 1 is 1.27 bits per heavy atom. The fourth-order valence-electron chi connectivity index (χ4n) is 2.58. The van der Waals surface area contributed by atoms with Gasteiger partial charge in [0.15, 0.2) is 5.78 Å². The van der Waals surface area contributed by atoms with E-state index in [0.717, 1.165) is 12.8 Å². The largest absolute Gasteiger partial charge is 0.307 e. The molecule has 3 nitrogen and oxygen atoms in total. The van der Waals surface area contributed by atoms with Crippen LogP contribution in [0.2, 0.25) is 0 Å². The van der Waals surface area contributed by atoms with Crippen molar-refractivity contribution in [3.05, 3.63) is 0 Å². The predicted octanol–water partition coefficient (Wildman–Crippen LogP) is 1.96. The van der Waals surface area contributed by atoms with E-state index in [1.54, 1.807) is 6.92 Å². The maximum atomic E-state index is 10.8. The maximum absolute atomic E-state index is 10.8. The highest BCUT2D eigenvalue weighted by molar-refractivity contribution is 6.26. The quantitative estimate of drug-likeness (QED) is 0.708. The average Bonchev–Trinajstić information content (AvgIpc) is 1.94. The third-order valence-electron chi connectivity index (χ3n) is 2.64. The van der Waals surface area contributed by atoms with Crippen molar-refractivity contribution >= 4 is 12.0 Å². The van der Waals surface area contributed by atoms with Crippen LogP contribution in [0.5, 0.6) is 0 Å². The fourth-order valence-corrected chi connectivity index (χ4v) is 2.58. The highest BCUT2D eigenvalue weighted by Gasteiger charge is 2.37. The molecule has 0 aromatic heterocycles.